The van der Waals surface area contributed by atoms with Crippen LogP contribution in [0.25, 0.3) is 0 Å². The number of carbonyl (C=O) groups is 2. The van der Waals surface area contributed by atoms with Gasteiger partial charge in [0, 0.05) is 41.9 Å². The van der Waals surface area contributed by atoms with Gasteiger partial charge >= 0.3 is 0 Å². The summed E-state index contributed by atoms with van der Waals surface area (Å²) in [6.07, 6.45) is 0.844. The number of halogens is 1. The van der Waals surface area contributed by atoms with Gasteiger partial charge in [-0.2, -0.15) is 0 Å². The van der Waals surface area contributed by atoms with Gasteiger partial charge < -0.3 is 9.80 Å². The topological polar surface area (TPSA) is 40.6 Å². The maximum atomic E-state index is 12.4. The monoisotopic (exact) mass is 358 g/mol. The molecule has 1 fully saturated rings. The van der Waals surface area contributed by atoms with E-state index < -0.39 is 0 Å². The van der Waals surface area contributed by atoms with E-state index in [1.807, 2.05) is 35.1 Å². The van der Waals surface area contributed by atoms with E-state index in [0.29, 0.717) is 13.1 Å². The first-order chi connectivity index (χ1) is 9.49. The Bertz CT molecular complexity index is 501. The van der Waals surface area contributed by atoms with Gasteiger partial charge in [0.1, 0.15) is 0 Å². The lowest BCUT2D eigenvalue weighted by Gasteiger charge is -2.23. The Kier molecular flexibility index (Phi) is 5.21. The second kappa shape index (κ2) is 6.72. The number of rotatable bonds is 2. The number of amides is 2. The number of thiophene rings is 1. The Morgan fingerprint density at radius 2 is 1.85 bits per heavy atom. The highest BCUT2D eigenvalue weighted by Crippen LogP contribution is 2.22. The highest BCUT2D eigenvalue weighted by molar-refractivity contribution is 9.10. The molecular weight excluding hydrogens is 340 g/mol. The van der Waals surface area contributed by atoms with Crippen molar-refractivity contribution in [2.45, 2.75) is 20.3 Å². The normalized spacial score (nSPS) is 16.4. The first-order valence-corrected chi connectivity index (χ1v) is 8.48. The molecule has 0 bridgehead atoms. The average molecular weight is 359 g/mol. The molecule has 0 unspecified atom stereocenters. The van der Waals surface area contributed by atoms with Crippen LogP contribution in [0, 0.1) is 5.92 Å². The van der Waals surface area contributed by atoms with E-state index in [-0.39, 0.29) is 17.7 Å². The summed E-state index contributed by atoms with van der Waals surface area (Å²) in [4.78, 5) is 28.9. The van der Waals surface area contributed by atoms with E-state index in [4.69, 9.17) is 0 Å². The van der Waals surface area contributed by atoms with Crippen molar-refractivity contribution in [3.05, 3.63) is 20.8 Å². The molecule has 0 spiro atoms. The standard InChI is InChI=1S/C14H19BrN2O2S/c1-10(2)13(18)16-4-3-5-17(7-6-16)14(19)12-8-11(15)9-20-12/h8-10H,3-7H2,1-2H3. The number of carbonyl (C=O) groups excluding carboxylic acids is 2. The SMILES string of the molecule is CC(C)C(=O)N1CCCN(C(=O)c2cc(Br)cs2)CC1. The predicted octanol–water partition coefficient (Wildman–Crippen LogP) is 2.84. The van der Waals surface area contributed by atoms with Gasteiger partial charge in [0.15, 0.2) is 0 Å². The molecule has 0 aromatic carbocycles. The van der Waals surface area contributed by atoms with Gasteiger partial charge in [-0.1, -0.05) is 13.8 Å². The molecule has 110 valence electrons. The summed E-state index contributed by atoms with van der Waals surface area (Å²) in [5.41, 5.74) is 0. The van der Waals surface area contributed by atoms with Crippen molar-refractivity contribution in [2.75, 3.05) is 26.2 Å². The summed E-state index contributed by atoms with van der Waals surface area (Å²) in [5.74, 6) is 0.267. The van der Waals surface area contributed by atoms with Crippen LogP contribution in [0.4, 0.5) is 0 Å². The lowest BCUT2D eigenvalue weighted by molar-refractivity contribution is -0.134. The Morgan fingerprint density at radius 1 is 1.20 bits per heavy atom. The van der Waals surface area contributed by atoms with Crippen molar-refractivity contribution in [2.24, 2.45) is 5.92 Å². The number of hydrogen-bond acceptors (Lipinski definition) is 3. The number of nitrogens with zero attached hydrogens (tertiary/aromatic N) is 2. The van der Waals surface area contributed by atoms with E-state index in [0.717, 1.165) is 28.9 Å². The fraction of sp³-hybridized carbons (Fsp3) is 0.571. The van der Waals surface area contributed by atoms with E-state index in [2.05, 4.69) is 15.9 Å². The lowest BCUT2D eigenvalue weighted by atomic mass is 10.2. The molecule has 2 amide bonds. The van der Waals surface area contributed by atoms with Gasteiger partial charge in [-0.05, 0) is 28.4 Å². The van der Waals surface area contributed by atoms with Crippen molar-refractivity contribution in [3.8, 4) is 0 Å². The van der Waals surface area contributed by atoms with Crippen LogP contribution in [0.15, 0.2) is 15.9 Å². The van der Waals surface area contributed by atoms with Crippen LogP contribution in [0.2, 0.25) is 0 Å². The molecule has 1 saturated heterocycles. The molecule has 1 aromatic heterocycles. The molecular formula is C14H19BrN2O2S. The van der Waals surface area contributed by atoms with E-state index >= 15 is 0 Å². The second-order valence-electron chi connectivity index (χ2n) is 5.25. The van der Waals surface area contributed by atoms with Crippen molar-refractivity contribution in [1.29, 1.82) is 0 Å². The number of hydrogen-bond donors (Lipinski definition) is 0. The molecule has 0 aliphatic carbocycles. The van der Waals surface area contributed by atoms with E-state index in [1.54, 1.807) is 0 Å². The van der Waals surface area contributed by atoms with Gasteiger partial charge in [0.05, 0.1) is 4.88 Å². The minimum atomic E-state index is 0.0190. The lowest BCUT2D eigenvalue weighted by Crippen LogP contribution is -2.38. The molecule has 1 aromatic rings. The molecule has 2 heterocycles. The summed E-state index contributed by atoms with van der Waals surface area (Å²) in [7, 11) is 0. The van der Waals surface area contributed by atoms with Gasteiger partial charge in [0.25, 0.3) is 5.91 Å². The van der Waals surface area contributed by atoms with Gasteiger partial charge in [0.2, 0.25) is 5.91 Å². The molecule has 4 nitrogen and oxygen atoms in total. The van der Waals surface area contributed by atoms with E-state index in [9.17, 15) is 9.59 Å². The Balaban J connectivity index is 1.99. The van der Waals surface area contributed by atoms with Crippen LogP contribution in [0.1, 0.15) is 29.9 Å². The molecule has 20 heavy (non-hydrogen) atoms. The van der Waals surface area contributed by atoms with Crippen LogP contribution < -0.4 is 0 Å². The minimum absolute atomic E-state index is 0.0190. The van der Waals surface area contributed by atoms with Gasteiger partial charge in [-0.25, -0.2) is 0 Å². The zero-order chi connectivity index (χ0) is 14.7. The summed E-state index contributed by atoms with van der Waals surface area (Å²) in [5, 5.41) is 1.92. The molecule has 2 rings (SSSR count). The maximum Gasteiger partial charge on any atom is 0.264 e. The van der Waals surface area contributed by atoms with Gasteiger partial charge in [-0.3, -0.25) is 9.59 Å². The Hall–Kier alpha value is -0.880. The molecule has 0 N–H and O–H groups in total. The molecule has 6 heteroatoms. The zero-order valence-corrected chi connectivity index (χ0v) is 14.2. The second-order valence-corrected chi connectivity index (χ2v) is 7.08. The third kappa shape index (κ3) is 3.61. The zero-order valence-electron chi connectivity index (χ0n) is 11.8. The average Bonchev–Trinajstić information content (AvgIpc) is 2.71. The van der Waals surface area contributed by atoms with Crippen LogP contribution in [-0.4, -0.2) is 47.8 Å². The first-order valence-electron chi connectivity index (χ1n) is 6.81. The smallest absolute Gasteiger partial charge is 0.264 e. The molecule has 0 radical (unpaired) electrons. The third-order valence-corrected chi connectivity index (χ3v) is 5.05. The van der Waals surface area contributed by atoms with Crippen molar-refractivity contribution >= 4 is 39.1 Å². The Morgan fingerprint density at radius 3 is 2.45 bits per heavy atom. The van der Waals surface area contributed by atoms with Crippen LogP contribution in [0.5, 0.6) is 0 Å². The summed E-state index contributed by atoms with van der Waals surface area (Å²) in [6.45, 7) is 6.55. The molecule has 0 saturated carbocycles. The third-order valence-electron chi connectivity index (χ3n) is 3.37. The van der Waals surface area contributed by atoms with Crippen LogP contribution in [-0.2, 0) is 4.79 Å². The quantitative estimate of drug-likeness (QED) is 0.815. The van der Waals surface area contributed by atoms with Crippen molar-refractivity contribution in [1.82, 2.24) is 9.80 Å². The molecule has 0 atom stereocenters. The van der Waals surface area contributed by atoms with Crippen molar-refractivity contribution < 1.29 is 9.59 Å². The predicted molar refractivity (Wildman–Crippen MR) is 84.0 cm³/mol. The van der Waals surface area contributed by atoms with Crippen LogP contribution >= 0.6 is 27.3 Å². The fourth-order valence-corrected chi connectivity index (χ4v) is 3.68. The van der Waals surface area contributed by atoms with E-state index in [1.165, 1.54) is 11.3 Å². The molecule has 1 aliphatic rings. The highest BCUT2D eigenvalue weighted by atomic mass is 79.9. The largest absolute Gasteiger partial charge is 0.341 e. The van der Waals surface area contributed by atoms with Crippen LogP contribution in [0.3, 0.4) is 0 Å². The summed E-state index contributed by atoms with van der Waals surface area (Å²) >= 11 is 4.82. The van der Waals surface area contributed by atoms with Crippen molar-refractivity contribution in [3.63, 3.8) is 0 Å². The maximum absolute atomic E-state index is 12.4. The minimum Gasteiger partial charge on any atom is -0.341 e. The summed E-state index contributed by atoms with van der Waals surface area (Å²) < 4.78 is 0.942. The first kappa shape index (κ1) is 15.5. The summed E-state index contributed by atoms with van der Waals surface area (Å²) in [6, 6.07) is 1.86. The molecule has 1 aliphatic heterocycles. The fourth-order valence-electron chi connectivity index (χ4n) is 2.29. The highest BCUT2D eigenvalue weighted by Gasteiger charge is 2.24. The Labute approximate surface area is 131 Å². The van der Waals surface area contributed by atoms with Gasteiger partial charge in [-0.15, -0.1) is 11.3 Å².